The van der Waals surface area contributed by atoms with Gasteiger partial charge in [-0.05, 0) is 19.1 Å². The van der Waals surface area contributed by atoms with Gasteiger partial charge in [0.2, 0.25) is 0 Å². The lowest BCUT2D eigenvalue weighted by molar-refractivity contribution is -0.385. The van der Waals surface area contributed by atoms with Crippen LogP contribution in [0.3, 0.4) is 0 Å². The molecular formula is C12H13NO5. The van der Waals surface area contributed by atoms with E-state index in [2.05, 4.69) is 0 Å². The number of esters is 1. The first-order chi connectivity index (χ1) is 8.60. The summed E-state index contributed by atoms with van der Waals surface area (Å²) in [6.07, 6.45) is 2.45. The highest BCUT2D eigenvalue weighted by atomic mass is 16.6. The molecule has 0 spiro atoms. The first-order valence-corrected chi connectivity index (χ1v) is 5.26. The summed E-state index contributed by atoms with van der Waals surface area (Å²) in [5, 5.41) is 10.9. The van der Waals surface area contributed by atoms with Gasteiger partial charge >= 0.3 is 5.97 Å². The molecule has 18 heavy (non-hydrogen) atoms. The molecule has 96 valence electrons. The molecule has 0 aliphatic rings. The quantitative estimate of drug-likeness (QED) is 0.347. The van der Waals surface area contributed by atoms with Crippen molar-refractivity contribution in [3.05, 3.63) is 40.0 Å². The molecule has 1 aromatic carbocycles. The second-order valence-electron chi connectivity index (χ2n) is 3.24. The smallest absolute Gasteiger partial charge is 0.330 e. The molecule has 0 unspecified atom stereocenters. The fourth-order valence-corrected chi connectivity index (χ4v) is 1.38. The Kier molecular flexibility index (Phi) is 4.86. The molecule has 1 aromatic rings. The van der Waals surface area contributed by atoms with Gasteiger partial charge in [-0.15, -0.1) is 0 Å². The highest BCUT2D eigenvalue weighted by Gasteiger charge is 2.15. The highest BCUT2D eigenvalue weighted by Crippen LogP contribution is 2.29. The van der Waals surface area contributed by atoms with Gasteiger partial charge in [0.25, 0.3) is 5.69 Å². The topological polar surface area (TPSA) is 78.7 Å². The first kappa shape index (κ1) is 13.7. The van der Waals surface area contributed by atoms with Gasteiger partial charge in [-0.3, -0.25) is 10.1 Å². The van der Waals surface area contributed by atoms with Crippen molar-refractivity contribution in [3.8, 4) is 5.75 Å². The van der Waals surface area contributed by atoms with Crippen LogP contribution in [0.5, 0.6) is 5.75 Å². The number of hydrogen-bond donors (Lipinski definition) is 0. The third-order valence-corrected chi connectivity index (χ3v) is 2.13. The van der Waals surface area contributed by atoms with Crippen molar-refractivity contribution >= 4 is 17.7 Å². The number of nitrogens with zero attached hydrogens (tertiary/aromatic N) is 1. The van der Waals surface area contributed by atoms with E-state index in [1.54, 1.807) is 13.0 Å². The van der Waals surface area contributed by atoms with Gasteiger partial charge in [0.15, 0.2) is 0 Å². The van der Waals surface area contributed by atoms with E-state index in [1.165, 1.54) is 25.3 Å². The monoisotopic (exact) mass is 251 g/mol. The van der Waals surface area contributed by atoms with Crippen LogP contribution in [0.4, 0.5) is 5.69 Å². The molecule has 0 aliphatic carbocycles. The Morgan fingerprint density at radius 3 is 2.78 bits per heavy atom. The minimum atomic E-state index is -0.558. The molecule has 0 amide bonds. The summed E-state index contributed by atoms with van der Waals surface area (Å²) in [6, 6.07) is 4.43. The van der Waals surface area contributed by atoms with Gasteiger partial charge < -0.3 is 9.47 Å². The number of carbonyl (C=O) groups is 1. The molecule has 6 heteroatoms. The van der Waals surface area contributed by atoms with Crippen LogP contribution >= 0.6 is 0 Å². The number of nitro groups is 1. The van der Waals surface area contributed by atoms with E-state index in [0.29, 0.717) is 5.75 Å². The summed E-state index contributed by atoms with van der Waals surface area (Å²) in [7, 11) is 1.40. The molecule has 0 N–H and O–H groups in total. The fraction of sp³-hybridized carbons (Fsp3) is 0.250. The van der Waals surface area contributed by atoms with E-state index in [9.17, 15) is 14.9 Å². The zero-order valence-electron chi connectivity index (χ0n) is 10.1. The van der Waals surface area contributed by atoms with Gasteiger partial charge in [0.1, 0.15) is 5.75 Å². The Hall–Kier alpha value is -2.37. The van der Waals surface area contributed by atoms with E-state index in [4.69, 9.17) is 9.47 Å². The van der Waals surface area contributed by atoms with Crippen molar-refractivity contribution in [1.29, 1.82) is 0 Å². The maximum absolute atomic E-state index is 11.2. The number of carbonyl (C=O) groups excluding carboxylic acids is 1. The maximum atomic E-state index is 11.2. The van der Waals surface area contributed by atoms with Crippen molar-refractivity contribution < 1.29 is 19.2 Å². The van der Waals surface area contributed by atoms with Crippen LogP contribution in [0.15, 0.2) is 24.3 Å². The van der Waals surface area contributed by atoms with Crippen molar-refractivity contribution in [2.45, 2.75) is 6.92 Å². The van der Waals surface area contributed by atoms with Crippen molar-refractivity contribution in [3.63, 3.8) is 0 Å². The molecule has 0 fully saturated rings. The van der Waals surface area contributed by atoms with Gasteiger partial charge in [-0.25, -0.2) is 4.79 Å². The molecule has 0 saturated carbocycles. The number of benzene rings is 1. The average Bonchev–Trinajstić information content (AvgIpc) is 2.36. The predicted molar refractivity (Wildman–Crippen MR) is 65.3 cm³/mol. The Morgan fingerprint density at radius 2 is 2.22 bits per heavy atom. The summed E-state index contributed by atoms with van der Waals surface area (Å²) >= 11 is 0. The molecule has 0 heterocycles. The molecule has 6 nitrogen and oxygen atoms in total. The molecule has 1 rings (SSSR count). The maximum Gasteiger partial charge on any atom is 0.330 e. The van der Waals surface area contributed by atoms with E-state index in [-0.39, 0.29) is 17.9 Å². The zero-order valence-corrected chi connectivity index (χ0v) is 10.1. The second kappa shape index (κ2) is 6.39. The predicted octanol–water partition coefficient (Wildman–Crippen LogP) is 2.18. The van der Waals surface area contributed by atoms with E-state index in [1.807, 2.05) is 0 Å². The van der Waals surface area contributed by atoms with E-state index >= 15 is 0 Å². The molecule has 0 bridgehead atoms. The highest BCUT2D eigenvalue weighted by molar-refractivity contribution is 5.88. The lowest BCUT2D eigenvalue weighted by Crippen LogP contribution is -2.00. The normalized spacial score (nSPS) is 10.3. The Morgan fingerprint density at radius 1 is 1.50 bits per heavy atom. The number of nitro benzene ring substituents is 1. The number of methoxy groups -OCH3 is 1. The first-order valence-electron chi connectivity index (χ1n) is 5.26. The lowest BCUT2D eigenvalue weighted by Gasteiger charge is -2.04. The SMILES string of the molecule is CCOC(=O)/C=C/c1c(OC)cccc1[N+](=O)[O-]. The van der Waals surface area contributed by atoms with Gasteiger partial charge in [0, 0.05) is 12.1 Å². The minimum absolute atomic E-state index is 0.130. The summed E-state index contributed by atoms with van der Waals surface area (Å²) in [6.45, 7) is 1.93. The standard InChI is InChI=1S/C12H13NO5/c1-3-18-12(14)8-7-9-10(13(15)16)5-4-6-11(9)17-2/h4-8H,3H2,1-2H3/b8-7+. The summed E-state index contributed by atoms with van der Waals surface area (Å²) in [5.74, 6) is -0.234. The van der Waals surface area contributed by atoms with Crippen molar-refractivity contribution in [1.82, 2.24) is 0 Å². The lowest BCUT2D eigenvalue weighted by atomic mass is 10.1. The van der Waals surface area contributed by atoms with Gasteiger partial charge in [0.05, 0.1) is 24.2 Å². The summed E-state index contributed by atoms with van der Waals surface area (Å²) < 4.78 is 9.72. The van der Waals surface area contributed by atoms with E-state index in [0.717, 1.165) is 6.08 Å². The minimum Gasteiger partial charge on any atom is -0.496 e. The molecule has 0 aliphatic heterocycles. The molecule has 0 atom stereocenters. The summed E-state index contributed by atoms with van der Waals surface area (Å²) in [4.78, 5) is 21.5. The third-order valence-electron chi connectivity index (χ3n) is 2.13. The van der Waals surface area contributed by atoms with Crippen LogP contribution in [-0.2, 0) is 9.53 Å². The number of ether oxygens (including phenoxy) is 2. The second-order valence-corrected chi connectivity index (χ2v) is 3.24. The Bertz CT molecular complexity index is 481. The van der Waals surface area contributed by atoms with Gasteiger partial charge in [-0.1, -0.05) is 6.07 Å². The summed E-state index contributed by atoms with van der Waals surface area (Å²) in [5.41, 5.74) is 0.105. The Balaban J connectivity index is 3.12. The molecule has 0 aromatic heterocycles. The third kappa shape index (κ3) is 3.31. The van der Waals surface area contributed by atoms with Crippen LogP contribution in [0.2, 0.25) is 0 Å². The molecule has 0 saturated heterocycles. The number of rotatable bonds is 5. The van der Waals surface area contributed by atoms with Crippen LogP contribution in [0.1, 0.15) is 12.5 Å². The fourth-order valence-electron chi connectivity index (χ4n) is 1.38. The van der Waals surface area contributed by atoms with Crippen molar-refractivity contribution in [2.24, 2.45) is 0 Å². The van der Waals surface area contributed by atoms with Crippen molar-refractivity contribution in [2.75, 3.05) is 13.7 Å². The number of hydrogen-bond acceptors (Lipinski definition) is 5. The molecular weight excluding hydrogens is 238 g/mol. The zero-order chi connectivity index (χ0) is 13.5. The van der Waals surface area contributed by atoms with Crippen LogP contribution < -0.4 is 4.74 Å². The van der Waals surface area contributed by atoms with Crippen LogP contribution in [-0.4, -0.2) is 24.6 Å². The largest absolute Gasteiger partial charge is 0.496 e. The molecule has 0 radical (unpaired) electrons. The van der Waals surface area contributed by atoms with Crippen LogP contribution in [0.25, 0.3) is 6.08 Å². The average molecular weight is 251 g/mol. The van der Waals surface area contributed by atoms with E-state index < -0.39 is 10.9 Å². The van der Waals surface area contributed by atoms with Crippen LogP contribution in [0, 0.1) is 10.1 Å². The Labute approximate surface area is 104 Å². The van der Waals surface area contributed by atoms with Gasteiger partial charge in [-0.2, -0.15) is 0 Å².